The smallest absolute Gasteiger partial charge is 0.411 e. The number of aromatic nitrogens is 4. The maximum Gasteiger partial charge on any atom is 0.411 e. The van der Waals surface area contributed by atoms with Crippen LogP contribution in [0.5, 0.6) is 0 Å². The molecule has 0 unspecified atom stereocenters. The second kappa shape index (κ2) is 8.46. The molecule has 0 atom stereocenters. The van der Waals surface area contributed by atoms with Crippen LogP contribution in [0.2, 0.25) is 0 Å². The van der Waals surface area contributed by atoms with Gasteiger partial charge in [-0.2, -0.15) is 4.98 Å². The van der Waals surface area contributed by atoms with Crippen molar-refractivity contribution in [3.8, 4) is 0 Å². The summed E-state index contributed by atoms with van der Waals surface area (Å²) in [4.78, 5) is 44.4. The Hall–Kier alpha value is -4.28. The number of nitrogens with one attached hydrogen (secondary N) is 1. The van der Waals surface area contributed by atoms with E-state index in [1.807, 2.05) is 19.9 Å². The van der Waals surface area contributed by atoms with Crippen LogP contribution in [0.4, 0.5) is 10.5 Å². The lowest BCUT2D eigenvalue weighted by Gasteiger charge is -2.08. The molecule has 0 radical (unpaired) electrons. The summed E-state index contributed by atoms with van der Waals surface area (Å²) in [6.45, 7) is 5.35. The minimum Gasteiger partial charge on any atom is -0.455 e. The molecule has 0 bridgehead atoms. The maximum absolute atomic E-state index is 12.5. The lowest BCUT2D eigenvalue weighted by molar-refractivity contribution is 0.0459. The molecule has 11 heteroatoms. The average Bonchev–Trinajstić information content (AvgIpc) is 3.16. The van der Waals surface area contributed by atoms with Crippen LogP contribution in [-0.4, -0.2) is 38.3 Å². The molecule has 0 saturated carbocycles. The van der Waals surface area contributed by atoms with Gasteiger partial charge in [-0.15, -0.1) is 5.10 Å². The lowest BCUT2D eigenvalue weighted by atomic mass is 10.1. The average molecular weight is 437 g/mol. The number of hydrogen-bond acceptors (Lipinski definition) is 9. The topological polar surface area (TPSA) is 138 Å². The van der Waals surface area contributed by atoms with Crippen molar-refractivity contribution in [2.75, 3.05) is 11.9 Å². The summed E-state index contributed by atoms with van der Waals surface area (Å²) in [5, 5.41) is 7.21. The molecule has 1 N–H and O–H groups in total. The molecule has 1 aromatic carbocycles. The van der Waals surface area contributed by atoms with E-state index < -0.39 is 17.7 Å². The number of carbonyl (C=O) groups excluding carboxylic acids is 2. The Kier molecular flexibility index (Phi) is 5.54. The van der Waals surface area contributed by atoms with Crippen molar-refractivity contribution >= 4 is 34.5 Å². The van der Waals surface area contributed by atoms with Crippen molar-refractivity contribution in [3.63, 3.8) is 0 Å². The number of aryl methyl sites for hydroxylation is 2. The number of nitrogens with zero attached hydrogens (tertiary/aromatic N) is 4. The molecule has 0 fully saturated rings. The van der Waals surface area contributed by atoms with Gasteiger partial charge >= 0.3 is 17.7 Å². The summed E-state index contributed by atoms with van der Waals surface area (Å²) in [5.74, 6) is -0.601. The van der Waals surface area contributed by atoms with Gasteiger partial charge < -0.3 is 13.9 Å². The van der Waals surface area contributed by atoms with E-state index in [9.17, 15) is 14.4 Å². The van der Waals surface area contributed by atoms with Gasteiger partial charge in [-0.1, -0.05) is 0 Å². The third kappa shape index (κ3) is 4.26. The standard InChI is InChI=1S/C21H19N5O6/c1-4-30-21(29)23-14-5-6-15-13(8-17(27)32-16(15)9-14)10-31-19(28)18-24-20-22-11(2)7-12(3)26(20)25-18/h5-9H,4,10H2,1-3H3,(H,23,29). The first kappa shape index (κ1) is 21.0. The summed E-state index contributed by atoms with van der Waals surface area (Å²) in [6.07, 6.45) is -0.626. The summed E-state index contributed by atoms with van der Waals surface area (Å²) in [7, 11) is 0. The Labute approximate surface area is 181 Å². The third-order valence-corrected chi connectivity index (χ3v) is 4.51. The van der Waals surface area contributed by atoms with Crippen LogP contribution in [0.3, 0.4) is 0 Å². The SMILES string of the molecule is CCOC(=O)Nc1ccc2c(COC(=O)c3nc4nc(C)cc(C)n4n3)cc(=O)oc2c1. The zero-order chi connectivity index (χ0) is 22.8. The van der Waals surface area contributed by atoms with E-state index in [1.165, 1.54) is 16.6 Å². The molecule has 11 nitrogen and oxygen atoms in total. The summed E-state index contributed by atoms with van der Waals surface area (Å²) in [5.41, 5.74) is 1.94. The molecule has 3 aromatic heterocycles. The molecule has 0 spiro atoms. The van der Waals surface area contributed by atoms with Crippen LogP contribution in [0, 0.1) is 13.8 Å². The van der Waals surface area contributed by atoms with E-state index in [4.69, 9.17) is 13.9 Å². The molecule has 1 amide bonds. The van der Waals surface area contributed by atoms with Crippen LogP contribution >= 0.6 is 0 Å². The number of amides is 1. The molecular weight excluding hydrogens is 418 g/mol. The van der Waals surface area contributed by atoms with Crippen LogP contribution < -0.4 is 10.9 Å². The largest absolute Gasteiger partial charge is 0.455 e. The molecule has 4 aromatic rings. The van der Waals surface area contributed by atoms with Gasteiger partial charge in [-0.05, 0) is 39.0 Å². The minimum atomic E-state index is -0.755. The van der Waals surface area contributed by atoms with E-state index in [1.54, 1.807) is 19.1 Å². The number of esters is 1. The molecule has 164 valence electrons. The lowest BCUT2D eigenvalue weighted by Crippen LogP contribution is -2.13. The quantitative estimate of drug-likeness (QED) is 0.369. The van der Waals surface area contributed by atoms with E-state index in [0.717, 1.165) is 11.4 Å². The second-order valence-corrected chi connectivity index (χ2v) is 6.91. The van der Waals surface area contributed by atoms with Crippen molar-refractivity contribution < 1.29 is 23.5 Å². The Morgan fingerprint density at radius 3 is 2.72 bits per heavy atom. The van der Waals surface area contributed by atoms with Gasteiger partial charge in [0.1, 0.15) is 12.2 Å². The predicted molar refractivity (Wildman–Crippen MR) is 113 cm³/mol. The van der Waals surface area contributed by atoms with Crippen molar-refractivity contribution in [1.82, 2.24) is 19.6 Å². The van der Waals surface area contributed by atoms with Crippen molar-refractivity contribution in [2.24, 2.45) is 0 Å². The van der Waals surface area contributed by atoms with Gasteiger partial charge in [-0.25, -0.2) is 23.9 Å². The first-order chi connectivity index (χ1) is 15.3. The predicted octanol–water partition coefficient (Wildman–Crippen LogP) is 2.77. The van der Waals surface area contributed by atoms with Gasteiger partial charge in [0.2, 0.25) is 0 Å². The fourth-order valence-corrected chi connectivity index (χ4v) is 3.17. The highest BCUT2D eigenvalue weighted by Gasteiger charge is 2.18. The molecule has 3 heterocycles. The van der Waals surface area contributed by atoms with E-state index in [-0.39, 0.29) is 24.6 Å². The van der Waals surface area contributed by atoms with Gasteiger partial charge in [0, 0.05) is 40.2 Å². The van der Waals surface area contributed by atoms with E-state index in [0.29, 0.717) is 22.4 Å². The number of rotatable bonds is 5. The van der Waals surface area contributed by atoms with Gasteiger partial charge in [-0.3, -0.25) is 5.32 Å². The number of fused-ring (bicyclic) bond motifs is 2. The van der Waals surface area contributed by atoms with Crippen molar-refractivity contribution in [2.45, 2.75) is 27.4 Å². The highest BCUT2D eigenvalue weighted by atomic mass is 16.5. The molecular formula is C21H19N5O6. The van der Waals surface area contributed by atoms with Crippen LogP contribution in [-0.2, 0) is 16.1 Å². The van der Waals surface area contributed by atoms with Gasteiger partial charge in [0.05, 0.1) is 6.61 Å². The van der Waals surface area contributed by atoms with Gasteiger partial charge in [0.25, 0.3) is 11.6 Å². The maximum atomic E-state index is 12.5. The Bertz CT molecular complexity index is 1410. The first-order valence-electron chi connectivity index (χ1n) is 9.72. The number of carbonyl (C=O) groups is 2. The molecule has 0 aliphatic carbocycles. The number of ether oxygens (including phenoxy) is 2. The van der Waals surface area contributed by atoms with Crippen LogP contribution in [0.25, 0.3) is 16.7 Å². The first-order valence-corrected chi connectivity index (χ1v) is 9.72. The second-order valence-electron chi connectivity index (χ2n) is 6.91. The van der Waals surface area contributed by atoms with E-state index in [2.05, 4.69) is 20.4 Å². The Morgan fingerprint density at radius 1 is 1.12 bits per heavy atom. The zero-order valence-electron chi connectivity index (χ0n) is 17.5. The monoisotopic (exact) mass is 437 g/mol. The van der Waals surface area contributed by atoms with Crippen LogP contribution in [0.1, 0.15) is 34.5 Å². The molecule has 0 saturated heterocycles. The highest BCUT2D eigenvalue weighted by Crippen LogP contribution is 2.22. The third-order valence-electron chi connectivity index (χ3n) is 4.51. The van der Waals surface area contributed by atoms with Gasteiger partial charge in [0.15, 0.2) is 0 Å². The number of benzene rings is 1. The van der Waals surface area contributed by atoms with E-state index >= 15 is 0 Å². The fourth-order valence-electron chi connectivity index (χ4n) is 3.17. The minimum absolute atomic E-state index is 0.139. The molecule has 32 heavy (non-hydrogen) atoms. The Morgan fingerprint density at radius 2 is 1.94 bits per heavy atom. The van der Waals surface area contributed by atoms with Crippen molar-refractivity contribution in [3.05, 3.63) is 63.5 Å². The summed E-state index contributed by atoms with van der Waals surface area (Å²) < 4.78 is 16.8. The highest BCUT2D eigenvalue weighted by molar-refractivity contribution is 5.90. The van der Waals surface area contributed by atoms with Crippen LogP contribution in [0.15, 0.2) is 39.5 Å². The zero-order valence-corrected chi connectivity index (χ0v) is 17.5. The molecule has 4 rings (SSSR count). The molecule has 0 aliphatic heterocycles. The Balaban J connectivity index is 1.56. The van der Waals surface area contributed by atoms with Crippen molar-refractivity contribution in [1.29, 1.82) is 0 Å². The summed E-state index contributed by atoms with van der Waals surface area (Å²) in [6, 6.07) is 7.80. The number of hydrogen-bond donors (Lipinski definition) is 1. The fraction of sp³-hybridized carbons (Fsp3) is 0.238. The molecule has 0 aliphatic rings. The number of anilines is 1. The normalized spacial score (nSPS) is 11.0. The summed E-state index contributed by atoms with van der Waals surface area (Å²) >= 11 is 0.